The highest BCUT2D eigenvalue weighted by atomic mass is 32.2. The number of nitrogens with zero attached hydrogens (tertiary/aromatic N) is 1. The second kappa shape index (κ2) is 8.06. The average Bonchev–Trinajstić information content (AvgIpc) is 3.33. The maximum atomic E-state index is 12.2. The molecule has 1 fully saturated rings. The van der Waals surface area contributed by atoms with Crippen molar-refractivity contribution in [3.63, 3.8) is 0 Å². The predicted octanol–water partition coefficient (Wildman–Crippen LogP) is 1.90. The maximum Gasteiger partial charge on any atom is 0.287 e. The van der Waals surface area contributed by atoms with Crippen LogP contribution in [0.25, 0.3) is 0 Å². The first-order valence-electron chi connectivity index (χ1n) is 9.71. The van der Waals surface area contributed by atoms with Crippen LogP contribution < -0.4 is 10.0 Å². The van der Waals surface area contributed by atoms with E-state index in [2.05, 4.69) is 39.2 Å². The second-order valence-corrected chi connectivity index (χ2v) is 9.06. The van der Waals surface area contributed by atoms with Gasteiger partial charge in [-0.25, -0.2) is 13.1 Å². The highest BCUT2D eigenvalue weighted by Crippen LogP contribution is 2.23. The molecule has 0 atom stereocenters. The van der Waals surface area contributed by atoms with E-state index >= 15 is 0 Å². The first kappa shape index (κ1) is 19.2. The Morgan fingerprint density at radius 1 is 1.14 bits per heavy atom. The third kappa shape index (κ3) is 4.63. The van der Waals surface area contributed by atoms with Gasteiger partial charge in [0.25, 0.3) is 15.9 Å². The van der Waals surface area contributed by atoms with Crippen molar-refractivity contribution in [1.82, 2.24) is 14.9 Å². The van der Waals surface area contributed by atoms with Gasteiger partial charge in [-0.05, 0) is 48.9 Å². The van der Waals surface area contributed by atoms with Crippen LogP contribution in [0, 0.1) is 0 Å². The van der Waals surface area contributed by atoms with Crippen LogP contribution in [0.4, 0.5) is 0 Å². The Hall–Kier alpha value is -2.16. The van der Waals surface area contributed by atoms with E-state index in [0.717, 1.165) is 45.3 Å². The van der Waals surface area contributed by atoms with E-state index in [1.54, 1.807) is 0 Å². The van der Waals surface area contributed by atoms with Gasteiger partial charge in [0.1, 0.15) is 0 Å². The predicted molar refractivity (Wildman–Crippen MR) is 104 cm³/mol. The van der Waals surface area contributed by atoms with Gasteiger partial charge in [0.05, 0.1) is 0 Å². The molecule has 8 heteroatoms. The zero-order chi connectivity index (χ0) is 19.6. The van der Waals surface area contributed by atoms with Crippen LogP contribution in [-0.4, -0.2) is 44.9 Å². The summed E-state index contributed by atoms with van der Waals surface area (Å²) in [6.45, 7) is 3.38. The Labute approximate surface area is 165 Å². The molecule has 1 saturated carbocycles. The molecule has 0 spiro atoms. The molecule has 2 heterocycles. The fraction of sp³-hybridized carbons (Fsp3) is 0.450. The van der Waals surface area contributed by atoms with Gasteiger partial charge in [-0.2, -0.15) is 0 Å². The SMILES string of the molecule is O=C(NCCCN1CCc2ccccc2C1)c1ccc(S(=O)(=O)NC2CC2)o1. The molecule has 1 aliphatic heterocycles. The first-order chi connectivity index (χ1) is 13.5. The number of rotatable bonds is 8. The molecule has 1 aromatic carbocycles. The van der Waals surface area contributed by atoms with Crippen molar-refractivity contribution >= 4 is 15.9 Å². The lowest BCUT2D eigenvalue weighted by Crippen LogP contribution is -2.33. The van der Waals surface area contributed by atoms with Crippen molar-refractivity contribution in [1.29, 1.82) is 0 Å². The standard InChI is InChI=1S/C20H25N3O4S/c24-20(18-8-9-19(27-18)28(25,26)22-17-6-7-17)21-11-3-12-23-13-10-15-4-1-2-5-16(15)14-23/h1-2,4-5,8-9,17,22H,3,6-7,10-14H2,(H,21,24). The third-order valence-corrected chi connectivity index (χ3v) is 6.51. The van der Waals surface area contributed by atoms with E-state index < -0.39 is 15.9 Å². The molecule has 2 N–H and O–H groups in total. The molecule has 7 nitrogen and oxygen atoms in total. The number of hydrogen-bond acceptors (Lipinski definition) is 5. The minimum absolute atomic E-state index is 0.00544. The number of nitrogens with one attached hydrogen (secondary N) is 2. The lowest BCUT2D eigenvalue weighted by molar-refractivity contribution is 0.0918. The average molecular weight is 404 g/mol. The molecule has 150 valence electrons. The minimum atomic E-state index is -3.68. The van der Waals surface area contributed by atoms with Gasteiger partial charge in [0.2, 0.25) is 5.09 Å². The number of carbonyl (C=O) groups is 1. The van der Waals surface area contributed by atoms with Crippen molar-refractivity contribution < 1.29 is 17.6 Å². The van der Waals surface area contributed by atoms with Gasteiger partial charge < -0.3 is 9.73 Å². The number of carbonyl (C=O) groups excluding carboxylic acids is 1. The van der Waals surface area contributed by atoms with Gasteiger partial charge >= 0.3 is 0 Å². The van der Waals surface area contributed by atoms with Crippen LogP contribution in [0.5, 0.6) is 0 Å². The van der Waals surface area contributed by atoms with Crippen LogP contribution >= 0.6 is 0 Å². The summed E-state index contributed by atoms with van der Waals surface area (Å²) in [5.41, 5.74) is 2.80. The maximum absolute atomic E-state index is 12.2. The summed E-state index contributed by atoms with van der Waals surface area (Å²) in [4.78, 5) is 14.6. The van der Waals surface area contributed by atoms with Crippen molar-refractivity contribution in [3.05, 3.63) is 53.3 Å². The lowest BCUT2D eigenvalue weighted by Gasteiger charge is -2.28. The minimum Gasteiger partial charge on any atom is -0.438 e. The summed E-state index contributed by atoms with van der Waals surface area (Å²) in [5.74, 6) is -0.375. The zero-order valence-electron chi connectivity index (χ0n) is 15.7. The molecule has 1 aromatic heterocycles. The number of furan rings is 1. The third-order valence-electron chi connectivity index (χ3n) is 5.12. The molecule has 0 saturated heterocycles. The fourth-order valence-corrected chi connectivity index (χ4v) is 4.64. The van der Waals surface area contributed by atoms with Gasteiger partial charge in [0.15, 0.2) is 5.76 Å². The highest BCUT2D eigenvalue weighted by molar-refractivity contribution is 7.89. The first-order valence-corrected chi connectivity index (χ1v) is 11.2. The Balaban J connectivity index is 1.22. The molecule has 2 aliphatic rings. The Morgan fingerprint density at radius 2 is 1.93 bits per heavy atom. The Morgan fingerprint density at radius 3 is 2.71 bits per heavy atom. The van der Waals surface area contributed by atoms with Crippen LogP contribution in [0.2, 0.25) is 0 Å². The van der Waals surface area contributed by atoms with E-state index in [0.29, 0.717) is 6.54 Å². The van der Waals surface area contributed by atoms with E-state index in [-0.39, 0.29) is 16.9 Å². The monoisotopic (exact) mass is 403 g/mol. The van der Waals surface area contributed by atoms with Crippen LogP contribution in [0.15, 0.2) is 45.9 Å². The van der Waals surface area contributed by atoms with Crippen molar-refractivity contribution in [2.45, 2.75) is 43.4 Å². The molecule has 4 rings (SSSR count). The summed E-state index contributed by atoms with van der Waals surface area (Å²) in [7, 11) is -3.68. The summed E-state index contributed by atoms with van der Waals surface area (Å²) in [6.07, 6.45) is 3.57. The highest BCUT2D eigenvalue weighted by Gasteiger charge is 2.30. The normalized spacial score (nSPS) is 17.3. The van der Waals surface area contributed by atoms with Gasteiger partial charge in [-0.15, -0.1) is 0 Å². The van der Waals surface area contributed by atoms with Gasteiger partial charge in [0, 0.05) is 32.2 Å². The van der Waals surface area contributed by atoms with E-state index in [4.69, 9.17) is 4.42 Å². The van der Waals surface area contributed by atoms with E-state index in [9.17, 15) is 13.2 Å². The molecular weight excluding hydrogens is 378 g/mol. The van der Waals surface area contributed by atoms with Crippen molar-refractivity contribution in [2.24, 2.45) is 0 Å². The molecule has 0 unspecified atom stereocenters. The molecule has 28 heavy (non-hydrogen) atoms. The molecule has 0 radical (unpaired) electrons. The molecule has 0 bridgehead atoms. The number of amides is 1. The summed E-state index contributed by atoms with van der Waals surface area (Å²) >= 11 is 0. The van der Waals surface area contributed by atoms with Gasteiger partial charge in [-0.3, -0.25) is 9.69 Å². The van der Waals surface area contributed by atoms with Crippen molar-refractivity contribution in [3.8, 4) is 0 Å². The largest absolute Gasteiger partial charge is 0.438 e. The molecule has 1 aliphatic carbocycles. The Kier molecular flexibility index (Phi) is 5.52. The fourth-order valence-electron chi connectivity index (χ4n) is 3.40. The smallest absolute Gasteiger partial charge is 0.287 e. The second-order valence-electron chi connectivity index (χ2n) is 7.42. The van der Waals surface area contributed by atoms with Crippen LogP contribution in [0.3, 0.4) is 0 Å². The number of hydrogen-bond donors (Lipinski definition) is 2. The molecular formula is C20H25N3O4S. The quantitative estimate of drug-likeness (QED) is 0.657. The summed E-state index contributed by atoms with van der Waals surface area (Å²) in [6, 6.07) is 11.2. The number of sulfonamides is 1. The van der Waals surface area contributed by atoms with E-state index in [1.807, 2.05) is 0 Å². The summed E-state index contributed by atoms with van der Waals surface area (Å²) in [5, 5.41) is 2.59. The van der Waals surface area contributed by atoms with Crippen LogP contribution in [-0.2, 0) is 23.0 Å². The number of benzene rings is 1. The Bertz CT molecular complexity index is 950. The van der Waals surface area contributed by atoms with Gasteiger partial charge in [-0.1, -0.05) is 24.3 Å². The van der Waals surface area contributed by atoms with E-state index in [1.165, 1.54) is 23.3 Å². The lowest BCUT2D eigenvalue weighted by atomic mass is 10.00. The molecule has 2 aromatic rings. The van der Waals surface area contributed by atoms with Crippen LogP contribution in [0.1, 0.15) is 40.9 Å². The topological polar surface area (TPSA) is 91.7 Å². The number of fused-ring (bicyclic) bond motifs is 1. The summed E-state index contributed by atoms with van der Waals surface area (Å²) < 4.78 is 32.0. The zero-order valence-corrected chi connectivity index (χ0v) is 16.5. The van der Waals surface area contributed by atoms with Crippen molar-refractivity contribution in [2.75, 3.05) is 19.6 Å². The molecule has 1 amide bonds.